The number of anilines is 1. The highest BCUT2D eigenvalue weighted by Gasteiger charge is 2.27. The minimum atomic E-state index is -0.325. The first-order valence-corrected chi connectivity index (χ1v) is 8.72. The molecule has 1 aliphatic rings. The van der Waals surface area contributed by atoms with Gasteiger partial charge in [0.05, 0.1) is 6.54 Å². The molecule has 0 spiro atoms. The molecule has 0 fully saturated rings. The van der Waals surface area contributed by atoms with Gasteiger partial charge in [-0.25, -0.2) is 4.39 Å². The van der Waals surface area contributed by atoms with Crippen LogP contribution in [0, 0.1) is 19.7 Å². The molecular weight excluding hydrogens is 347 g/mol. The number of nitrogens with zero attached hydrogens (tertiary/aromatic N) is 4. The lowest BCUT2D eigenvalue weighted by Crippen LogP contribution is -2.40. The van der Waals surface area contributed by atoms with Crippen molar-refractivity contribution in [3.05, 3.63) is 71.1 Å². The number of aryl methyl sites for hydroxylation is 2. The predicted molar refractivity (Wildman–Crippen MR) is 98.3 cm³/mol. The van der Waals surface area contributed by atoms with E-state index >= 15 is 0 Å². The summed E-state index contributed by atoms with van der Waals surface area (Å²) in [6, 6.07) is 11.4. The number of fused-ring (bicyclic) bond motifs is 1. The third-order valence-electron chi connectivity index (χ3n) is 4.41. The minimum Gasteiger partial charge on any atom is -0.487 e. The van der Waals surface area contributed by atoms with Crippen LogP contribution in [-0.2, 0) is 13.2 Å². The molecule has 4 rings (SSSR count). The summed E-state index contributed by atoms with van der Waals surface area (Å²) in [7, 11) is 0. The van der Waals surface area contributed by atoms with Gasteiger partial charge in [0.25, 0.3) is 5.91 Å². The number of carbonyl (C=O) groups is 1. The zero-order chi connectivity index (χ0) is 19.0. The largest absolute Gasteiger partial charge is 0.487 e. The zero-order valence-electron chi connectivity index (χ0n) is 15.1. The Morgan fingerprint density at radius 3 is 2.48 bits per heavy atom. The summed E-state index contributed by atoms with van der Waals surface area (Å²) in [5, 5.41) is 4.47. The second-order valence-corrected chi connectivity index (χ2v) is 6.55. The minimum absolute atomic E-state index is 0.151. The average molecular weight is 366 g/mol. The molecule has 1 aliphatic heterocycles. The molecule has 7 heteroatoms. The van der Waals surface area contributed by atoms with Crippen molar-refractivity contribution in [1.82, 2.24) is 14.8 Å². The van der Waals surface area contributed by atoms with Crippen molar-refractivity contribution in [3.63, 3.8) is 0 Å². The van der Waals surface area contributed by atoms with Gasteiger partial charge in [-0.05, 0) is 44.2 Å². The Kier molecular flexibility index (Phi) is 4.35. The fraction of sp³-hybridized carbons (Fsp3) is 0.250. The first kappa shape index (κ1) is 17.2. The van der Waals surface area contributed by atoms with E-state index in [9.17, 15) is 9.18 Å². The topological polar surface area (TPSA) is 60.2 Å². The zero-order valence-corrected chi connectivity index (χ0v) is 15.1. The molecule has 0 radical (unpaired) electrons. The molecule has 6 nitrogen and oxygen atoms in total. The van der Waals surface area contributed by atoms with Crippen LogP contribution in [0.1, 0.15) is 27.6 Å². The van der Waals surface area contributed by atoms with Gasteiger partial charge in [0.2, 0.25) is 0 Å². The predicted octanol–water partition coefficient (Wildman–Crippen LogP) is 3.27. The second-order valence-electron chi connectivity index (χ2n) is 6.55. The molecule has 138 valence electrons. The molecule has 3 heterocycles. The number of ether oxygens (including phenoxy) is 1. The highest BCUT2D eigenvalue weighted by atomic mass is 19.1. The Balaban J connectivity index is 1.51. The maximum Gasteiger partial charge on any atom is 0.276 e. The number of pyridine rings is 1. The van der Waals surface area contributed by atoms with E-state index in [4.69, 9.17) is 4.74 Å². The number of carbonyl (C=O) groups excluding carboxylic acids is 1. The van der Waals surface area contributed by atoms with Crippen LogP contribution >= 0.6 is 0 Å². The SMILES string of the molecule is Cc1cc(OCc2cc3n(n2)CCN(c2ccc(F)cc2)C3=O)cc(C)n1. The lowest BCUT2D eigenvalue weighted by atomic mass is 10.2. The third kappa shape index (κ3) is 3.53. The standard InChI is InChI=1S/C20H19FN4O2/c1-13-9-18(10-14(2)22-13)27-12-16-11-19-20(26)24(7-8-25(19)23-16)17-5-3-15(21)4-6-17/h3-6,9-11H,7-8,12H2,1-2H3. The molecule has 0 bridgehead atoms. The van der Waals surface area contributed by atoms with E-state index in [-0.39, 0.29) is 18.3 Å². The van der Waals surface area contributed by atoms with Crippen LogP contribution in [0.15, 0.2) is 42.5 Å². The summed E-state index contributed by atoms with van der Waals surface area (Å²) in [4.78, 5) is 18.8. The van der Waals surface area contributed by atoms with Gasteiger partial charge >= 0.3 is 0 Å². The third-order valence-corrected chi connectivity index (χ3v) is 4.41. The number of halogens is 1. The van der Waals surface area contributed by atoms with Crippen LogP contribution < -0.4 is 9.64 Å². The molecule has 0 saturated heterocycles. The highest BCUT2D eigenvalue weighted by molar-refractivity contribution is 6.05. The van der Waals surface area contributed by atoms with Crippen molar-refractivity contribution >= 4 is 11.6 Å². The number of rotatable bonds is 4. The molecular formula is C20H19FN4O2. The van der Waals surface area contributed by atoms with E-state index < -0.39 is 0 Å². The van der Waals surface area contributed by atoms with Gasteiger partial charge in [-0.3, -0.25) is 14.5 Å². The maximum atomic E-state index is 13.1. The van der Waals surface area contributed by atoms with Crippen molar-refractivity contribution in [2.24, 2.45) is 0 Å². The van der Waals surface area contributed by atoms with E-state index in [2.05, 4.69) is 10.1 Å². The fourth-order valence-electron chi connectivity index (χ4n) is 3.22. The summed E-state index contributed by atoms with van der Waals surface area (Å²) < 4.78 is 20.6. The van der Waals surface area contributed by atoms with Crippen molar-refractivity contribution in [3.8, 4) is 5.75 Å². The van der Waals surface area contributed by atoms with Crippen molar-refractivity contribution in [2.75, 3.05) is 11.4 Å². The number of hydrogen-bond acceptors (Lipinski definition) is 4. The fourth-order valence-corrected chi connectivity index (χ4v) is 3.22. The van der Waals surface area contributed by atoms with Gasteiger partial charge in [0, 0.05) is 35.8 Å². The van der Waals surface area contributed by atoms with Gasteiger partial charge in [-0.15, -0.1) is 0 Å². The number of aromatic nitrogens is 3. The highest BCUT2D eigenvalue weighted by Crippen LogP contribution is 2.22. The van der Waals surface area contributed by atoms with E-state index in [0.717, 1.165) is 17.1 Å². The van der Waals surface area contributed by atoms with Crippen LogP contribution in [0.4, 0.5) is 10.1 Å². The van der Waals surface area contributed by atoms with E-state index in [1.54, 1.807) is 27.8 Å². The summed E-state index contributed by atoms with van der Waals surface area (Å²) in [6.45, 7) is 5.16. The Hall–Kier alpha value is -3.22. The molecule has 1 aromatic carbocycles. The molecule has 3 aromatic rings. The molecule has 27 heavy (non-hydrogen) atoms. The molecule has 0 unspecified atom stereocenters. The molecule has 0 atom stereocenters. The monoisotopic (exact) mass is 366 g/mol. The maximum absolute atomic E-state index is 13.1. The number of amides is 1. The van der Waals surface area contributed by atoms with Crippen LogP contribution in [0.3, 0.4) is 0 Å². The van der Waals surface area contributed by atoms with Gasteiger partial charge in [-0.1, -0.05) is 0 Å². The van der Waals surface area contributed by atoms with Gasteiger partial charge < -0.3 is 9.64 Å². The smallest absolute Gasteiger partial charge is 0.276 e. The van der Waals surface area contributed by atoms with Crippen LogP contribution in [-0.4, -0.2) is 27.2 Å². The Bertz CT molecular complexity index is 977. The first-order chi connectivity index (χ1) is 13.0. The molecule has 0 N–H and O–H groups in total. The summed E-state index contributed by atoms with van der Waals surface area (Å²) in [6.07, 6.45) is 0. The van der Waals surface area contributed by atoms with E-state index in [1.165, 1.54) is 12.1 Å². The second kappa shape index (κ2) is 6.83. The Morgan fingerprint density at radius 2 is 1.78 bits per heavy atom. The average Bonchev–Trinajstić information content (AvgIpc) is 3.05. The lowest BCUT2D eigenvalue weighted by molar-refractivity contribution is 0.0962. The number of hydrogen-bond donors (Lipinski definition) is 0. The Labute approximate surface area is 156 Å². The quantitative estimate of drug-likeness (QED) is 0.711. The first-order valence-electron chi connectivity index (χ1n) is 8.72. The van der Waals surface area contributed by atoms with Crippen LogP contribution in [0.2, 0.25) is 0 Å². The molecule has 0 saturated carbocycles. The van der Waals surface area contributed by atoms with E-state index in [0.29, 0.717) is 30.2 Å². The molecule has 2 aromatic heterocycles. The summed E-state index contributed by atoms with van der Waals surface area (Å²) in [5.74, 6) is 0.252. The van der Waals surface area contributed by atoms with Gasteiger partial charge in [0.1, 0.15) is 29.6 Å². The number of benzene rings is 1. The Morgan fingerprint density at radius 1 is 1.07 bits per heavy atom. The van der Waals surface area contributed by atoms with Crippen molar-refractivity contribution in [2.45, 2.75) is 27.0 Å². The normalized spacial score (nSPS) is 13.6. The van der Waals surface area contributed by atoms with Crippen molar-refractivity contribution < 1.29 is 13.9 Å². The molecule has 1 amide bonds. The van der Waals surface area contributed by atoms with Gasteiger partial charge in [0.15, 0.2) is 0 Å². The summed E-state index contributed by atoms with van der Waals surface area (Å²) in [5.41, 5.74) is 3.64. The molecule has 0 aliphatic carbocycles. The summed E-state index contributed by atoms with van der Waals surface area (Å²) >= 11 is 0. The van der Waals surface area contributed by atoms with Crippen LogP contribution in [0.25, 0.3) is 0 Å². The van der Waals surface area contributed by atoms with E-state index in [1.807, 2.05) is 26.0 Å². The van der Waals surface area contributed by atoms with Crippen LogP contribution in [0.5, 0.6) is 5.75 Å². The van der Waals surface area contributed by atoms with Crippen molar-refractivity contribution in [1.29, 1.82) is 0 Å². The lowest BCUT2D eigenvalue weighted by Gasteiger charge is -2.27. The van der Waals surface area contributed by atoms with Gasteiger partial charge in [-0.2, -0.15) is 5.10 Å².